The number of hydrogen-bond donors (Lipinski definition) is 0. The molecular formula is C11H13NO. The Kier molecular flexibility index (Phi) is 3.38. The third-order valence-corrected chi connectivity index (χ3v) is 1.86. The van der Waals surface area contributed by atoms with Gasteiger partial charge >= 0.3 is 0 Å². The number of pyridine rings is 1. The van der Waals surface area contributed by atoms with Crippen molar-refractivity contribution in [3.05, 3.63) is 42.2 Å². The minimum Gasteiger partial charge on any atom is -0.294 e. The van der Waals surface area contributed by atoms with Gasteiger partial charge < -0.3 is 0 Å². The predicted molar refractivity (Wildman–Crippen MR) is 52.5 cm³/mol. The second-order valence-corrected chi connectivity index (χ2v) is 2.91. The second kappa shape index (κ2) is 4.55. The average molecular weight is 175 g/mol. The number of rotatable bonds is 3. The molecule has 2 heteroatoms. The minimum atomic E-state index is -0.0487. The highest BCUT2D eigenvalue weighted by atomic mass is 16.1. The van der Waals surface area contributed by atoms with Crippen LogP contribution < -0.4 is 0 Å². The van der Waals surface area contributed by atoms with Crippen molar-refractivity contribution in [3.8, 4) is 0 Å². The Balaban J connectivity index is 2.80. The van der Waals surface area contributed by atoms with Crippen LogP contribution in [0.15, 0.2) is 36.7 Å². The number of aromatic nitrogens is 1. The van der Waals surface area contributed by atoms with Crippen LogP contribution in [-0.2, 0) is 0 Å². The molecule has 0 bridgehead atoms. The molecule has 0 saturated carbocycles. The zero-order valence-electron chi connectivity index (χ0n) is 7.90. The maximum absolute atomic E-state index is 11.7. The van der Waals surface area contributed by atoms with Crippen LogP contribution in [0.25, 0.3) is 0 Å². The Bertz CT molecular complexity index is 303. The van der Waals surface area contributed by atoms with Gasteiger partial charge in [-0.15, -0.1) is 0 Å². The summed E-state index contributed by atoms with van der Waals surface area (Å²) in [6.45, 7) is 3.80. The fraction of sp³-hybridized carbons (Fsp3) is 0.273. The molecule has 0 aliphatic rings. The lowest BCUT2D eigenvalue weighted by Gasteiger charge is -2.03. The second-order valence-electron chi connectivity index (χ2n) is 2.91. The summed E-state index contributed by atoms with van der Waals surface area (Å²) in [4.78, 5) is 15.5. The summed E-state index contributed by atoms with van der Waals surface area (Å²) in [5.41, 5.74) is 0.723. The third kappa shape index (κ3) is 2.51. The van der Waals surface area contributed by atoms with Crippen molar-refractivity contribution in [2.24, 2.45) is 5.92 Å². The molecule has 0 aromatic carbocycles. The Morgan fingerprint density at radius 3 is 2.62 bits per heavy atom. The Morgan fingerprint density at radius 1 is 1.46 bits per heavy atom. The molecule has 1 rings (SSSR count). The van der Waals surface area contributed by atoms with Crippen LogP contribution in [-0.4, -0.2) is 10.8 Å². The first-order chi connectivity index (χ1) is 6.25. The maximum atomic E-state index is 11.7. The number of ketones is 1. The number of carbonyl (C=O) groups is 1. The molecule has 1 heterocycles. The minimum absolute atomic E-state index is 0.0487. The summed E-state index contributed by atoms with van der Waals surface area (Å²) in [6, 6.07) is 3.48. The van der Waals surface area contributed by atoms with Gasteiger partial charge in [-0.05, 0) is 19.1 Å². The highest BCUT2D eigenvalue weighted by Gasteiger charge is 2.10. The lowest BCUT2D eigenvalue weighted by atomic mass is 10.0. The van der Waals surface area contributed by atoms with Crippen molar-refractivity contribution in [2.45, 2.75) is 13.8 Å². The topological polar surface area (TPSA) is 30.0 Å². The van der Waals surface area contributed by atoms with Gasteiger partial charge in [0.05, 0.1) is 0 Å². The van der Waals surface area contributed by atoms with E-state index in [0.717, 1.165) is 5.56 Å². The zero-order valence-corrected chi connectivity index (χ0v) is 7.90. The molecule has 0 unspecified atom stereocenters. The lowest BCUT2D eigenvalue weighted by molar-refractivity contribution is 0.0953. The molecule has 0 aliphatic carbocycles. The number of allylic oxidation sites excluding steroid dienone is 2. The molecule has 0 amide bonds. The smallest absolute Gasteiger partial charge is 0.169 e. The van der Waals surface area contributed by atoms with Crippen molar-refractivity contribution in [3.63, 3.8) is 0 Å². The molecule has 68 valence electrons. The molecule has 0 N–H and O–H groups in total. The molecule has 0 radical (unpaired) electrons. The lowest BCUT2D eigenvalue weighted by Crippen LogP contribution is -2.08. The Hall–Kier alpha value is -1.44. The summed E-state index contributed by atoms with van der Waals surface area (Å²) in [5.74, 6) is 0.0906. The largest absolute Gasteiger partial charge is 0.294 e. The summed E-state index contributed by atoms with van der Waals surface area (Å²) in [5, 5.41) is 0. The van der Waals surface area contributed by atoms with E-state index in [4.69, 9.17) is 0 Å². The van der Waals surface area contributed by atoms with Gasteiger partial charge in [-0.25, -0.2) is 0 Å². The van der Waals surface area contributed by atoms with Gasteiger partial charge in [-0.2, -0.15) is 0 Å². The van der Waals surface area contributed by atoms with E-state index in [9.17, 15) is 4.79 Å². The number of carbonyl (C=O) groups excluding carboxylic acids is 1. The van der Waals surface area contributed by atoms with Crippen LogP contribution in [0.5, 0.6) is 0 Å². The van der Waals surface area contributed by atoms with Gasteiger partial charge in [0.15, 0.2) is 5.78 Å². The first-order valence-electron chi connectivity index (χ1n) is 4.32. The van der Waals surface area contributed by atoms with Crippen molar-refractivity contribution in [1.29, 1.82) is 0 Å². The number of nitrogens with zero attached hydrogens (tertiary/aromatic N) is 1. The van der Waals surface area contributed by atoms with Crippen molar-refractivity contribution in [2.75, 3.05) is 0 Å². The van der Waals surface area contributed by atoms with Crippen LogP contribution in [0.4, 0.5) is 0 Å². The van der Waals surface area contributed by atoms with Crippen LogP contribution in [0.3, 0.4) is 0 Å². The van der Waals surface area contributed by atoms with Gasteiger partial charge in [-0.1, -0.05) is 19.1 Å². The van der Waals surface area contributed by atoms with E-state index in [1.807, 2.05) is 26.0 Å². The molecule has 1 aromatic heterocycles. The first kappa shape index (κ1) is 9.65. The number of hydrogen-bond acceptors (Lipinski definition) is 2. The standard InChI is InChI=1S/C11H13NO/c1-3-4-9(2)11(13)10-5-7-12-8-6-10/h3-9H,1-2H3/b4-3+/t9-/m1/s1. The van der Waals surface area contributed by atoms with E-state index in [2.05, 4.69) is 4.98 Å². The number of Topliss-reactive ketones (excluding diaryl/α,β-unsaturated/α-hetero) is 1. The van der Waals surface area contributed by atoms with Crippen molar-refractivity contribution in [1.82, 2.24) is 4.98 Å². The molecule has 13 heavy (non-hydrogen) atoms. The molecule has 0 aliphatic heterocycles. The predicted octanol–water partition coefficient (Wildman–Crippen LogP) is 2.48. The van der Waals surface area contributed by atoms with Crippen molar-refractivity contribution < 1.29 is 4.79 Å². The molecular weight excluding hydrogens is 162 g/mol. The van der Waals surface area contributed by atoms with Gasteiger partial charge in [-0.3, -0.25) is 9.78 Å². The first-order valence-corrected chi connectivity index (χ1v) is 4.32. The van der Waals surface area contributed by atoms with Gasteiger partial charge in [0.2, 0.25) is 0 Å². The van der Waals surface area contributed by atoms with E-state index in [1.165, 1.54) is 0 Å². The molecule has 1 aromatic rings. The van der Waals surface area contributed by atoms with E-state index in [0.29, 0.717) is 0 Å². The van der Waals surface area contributed by atoms with E-state index < -0.39 is 0 Å². The zero-order chi connectivity index (χ0) is 9.68. The SMILES string of the molecule is C/C=C/[C@@H](C)C(=O)c1ccncc1. The van der Waals surface area contributed by atoms with Gasteiger partial charge in [0.25, 0.3) is 0 Å². The van der Waals surface area contributed by atoms with E-state index in [1.54, 1.807) is 24.5 Å². The van der Waals surface area contributed by atoms with E-state index >= 15 is 0 Å². The van der Waals surface area contributed by atoms with Gasteiger partial charge in [0, 0.05) is 23.9 Å². The van der Waals surface area contributed by atoms with Crippen LogP contribution in [0.1, 0.15) is 24.2 Å². The normalized spacial score (nSPS) is 13.1. The van der Waals surface area contributed by atoms with E-state index in [-0.39, 0.29) is 11.7 Å². The highest BCUT2D eigenvalue weighted by Crippen LogP contribution is 2.08. The van der Waals surface area contributed by atoms with Crippen LogP contribution >= 0.6 is 0 Å². The van der Waals surface area contributed by atoms with Crippen LogP contribution in [0.2, 0.25) is 0 Å². The molecule has 0 fully saturated rings. The monoisotopic (exact) mass is 175 g/mol. The van der Waals surface area contributed by atoms with Crippen molar-refractivity contribution >= 4 is 5.78 Å². The quantitative estimate of drug-likeness (QED) is 0.521. The summed E-state index contributed by atoms with van der Waals surface area (Å²) >= 11 is 0. The molecule has 1 atom stereocenters. The summed E-state index contributed by atoms with van der Waals surface area (Å²) in [6.07, 6.45) is 7.05. The summed E-state index contributed by atoms with van der Waals surface area (Å²) in [7, 11) is 0. The highest BCUT2D eigenvalue weighted by molar-refractivity contribution is 5.98. The third-order valence-electron chi connectivity index (χ3n) is 1.86. The Morgan fingerprint density at radius 2 is 2.08 bits per heavy atom. The molecule has 2 nitrogen and oxygen atoms in total. The fourth-order valence-corrected chi connectivity index (χ4v) is 1.16. The maximum Gasteiger partial charge on any atom is 0.169 e. The fourth-order valence-electron chi connectivity index (χ4n) is 1.16. The average Bonchev–Trinajstić information content (AvgIpc) is 2.18. The summed E-state index contributed by atoms with van der Waals surface area (Å²) < 4.78 is 0. The molecule has 0 spiro atoms. The van der Waals surface area contributed by atoms with Crippen LogP contribution in [0, 0.1) is 5.92 Å². The van der Waals surface area contributed by atoms with Gasteiger partial charge in [0.1, 0.15) is 0 Å². The Labute approximate surface area is 78.3 Å². The molecule has 0 saturated heterocycles.